The molecule has 1 aromatic carbocycles. The summed E-state index contributed by atoms with van der Waals surface area (Å²) in [4.78, 5) is 4.19. The molecule has 106 valence electrons. The summed E-state index contributed by atoms with van der Waals surface area (Å²) in [5.74, 6) is 0.673. The summed E-state index contributed by atoms with van der Waals surface area (Å²) in [6.45, 7) is 0. The Kier molecular flexibility index (Phi) is 2.97. The van der Waals surface area contributed by atoms with Crippen molar-refractivity contribution >= 4 is 5.52 Å². The molecule has 1 fully saturated rings. The van der Waals surface area contributed by atoms with Crippen LogP contribution in [0.1, 0.15) is 47.9 Å². The maximum atomic E-state index is 6.56. The van der Waals surface area contributed by atoms with Crippen LogP contribution in [0.15, 0.2) is 49.1 Å². The number of nitrogens with two attached hydrogens (primary N) is 1. The van der Waals surface area contributed by atoms with Crippen molar-refractivity contribution < 1.29 is 0 Å². The molecule has 2 N–H and O–H groups in total. The second-order valence-electron chi connectivity index (χ2n) is 5.74. The summed E-state index contributed by atoms with van der Waals surface area (Å²) in [5, 5.41) is 4.37. The average Bonchev–Trinajstić information content (AvgIpc) is 2.89. The van der Waals surface area contributed by atoms with Crippen molar-refractivity contribution in [1.82, 2.24) is 14.6 Å². The van der Waals surface area contributed by atoms with Crippen molar-refractivity contribution in [3.05, 3.63) is 65.7 Å². The predicted molar refractivity (Wildman–Crippen MR) is 82.1 cm³/mol. The molecule has 21 heavy (non-hydrogen) atoms. The second kappa shape index (κ2) is 4.97. The highest BCUT2D eigenvalue weighted by Gasteiger charge is 2.25. The minimum Gasteiger partial charge on any atom is -0.320 e. The van der Waals surface area contributed by atoms with Gasteiger partial charge in [0.25, 0.3) is 0 Å². The molecule has 0 spiro atoms. The van der Waals surface area contributed by atoms with E-state index in [1.807, 2.05) is 23.1 Å². The molecule has 0 radical (unpaired) electrons. The molecule has 4 heteroatoms. The van der Waals surface area contributed by atoms with E-state index >= 15 is 0 Å². The lowest BCUT2D eigenvalue weighted by atomic mass is 9.76. The highest BCUT2D eigenvalue weighted by molar-refractivity contribution is 5.56. The first-order valence-corrected chi connectivity index (χ1v) is 7.46. The molecule has 2 heterocycles. The van der Waals surface area contributed by atoms with Crippen LogP contribution in [0.4, 0.5) is 0 Å². The Morgan fingerprint density at radius 1 is 1.14 bits per heavy atom. The van der Waals surface area contributed by atoms with Gasteiger partial charge in [-0.05, 0) is 29.9 Å². The molecule has 1 saturated carbocycles. The van der Waals surface area contributed by atoms with Crippen LogP contribution < -0.4 is 5.73 Å². The third kappa shape index (κ3) is 2.03. The van der Waals surface area contributed by atoms with E-state index < -0.39 is 0 Å². The molecule has 2 aromatic heterocycles. The topological polar surface area (TPSA) is 56.2 Å². The lowest BCUT2D eigenvalue weighted by Crippen LogP contribution is -2.18. The van der Waals surface area contributed by atoms with E-state index in [1.165, 1.54) is 30.4 Å². The van der Waals surface area contributed by atoms with Crippen LogP contribution in [0.5, 0.6) is 0 Å². The summed E-state index contributed by atoms with van der Waals surface area (Å²) in [5.41, 5.74) is 11.2. The third-order valence-corrected chi connectivity index (χ3v) is 4.57. The van der Waals surface area contributed by atoms with E-state index in [2.05, 4.69) is 34.3 Å². The number of rotatable bonds is 3. The normalized spacial score (nSPS) is 16.8. The molecular weight excluding hydrogens is 260 g/mol. The van der Waals surface area contributed by atoms with Crippen molar-refractivity contribution in [3.63, 3.8) is 0 Å². The first-order chi connectivity index (χ1) is 10.3. The van der Waals surface area contributed by atoms with Gasteiger partial charge in [-0.2, -0.15) is 5.10 Å². The van der Waals surface area contributed by atoms with Crippen LogP contribution in [-0.2, 0) is 0 Å². The Balaban J connectivity index is 1.79. The highest BCUT2D eigenvalue weighted by Crippen LogP contribution is 2.40. The van der Waals surface area contributed by atoms with Crippen LogP contribution >= 0.6 is 0 Å². The summed E-state index contributed by atoms with van der Waals surface area (Å²) >= 11 is 0. The van der Waals surface area contributed by atoms with Gasteiger partial charge in [-0.25, -0.2) is 4.52 Å². The molecule has 0 aliphatic heterocycles. The number of nitrogens with zero attached hydrogens (tertiary/aromatic N) is 3. The van der Waals surface area contributed by atoms with Gasteiger partial charge in [-0.3, -0.25) is 4.98 Å². The molecule has 1 unspecified atom stereocenters. The third-order valence-electron chi connectivity index (χ3n) is 4.57. The molecule has 4 rings (SSSR count). The zero-order chi connectivity index (χ0) is 14.2. The van der Waals surface area contributed by atoms with Crippen LogP contribution in [0.25, 0.3) is 5.52 Å². The second-order valence-corrected chi connectivity index (χ2v) is 5.74. The van der Waals surface area contributed by atoms with Crippen LogP contribution in [-0.4, -0.2) is 14.6 Å². The minimum absolute atomic E-state index is 0.150. The van der Waals surface area contributed by atoms with E-state index in [9.17, 15) is 0 Å². The molecule has 0 amide bonds. The van der Waals surface area contributed by atoms with E-state index in [0.717, 1.165) is 11.1 Å². The molecule has 1 aliphatic carbocycles. The Hall–Kier alpha value is -2.20. The van der Waals surface area contributed by atoms with E-state index in [1.54, 1.807) is 6.20 Å². The first kappa shape index (κ1) is 12.5. The van der Waals surface area contributed by atoms with Gasteiger partial charge < -0.3 is 5.73 Å². The number of hydrogen-bond acceptors (Lipinski definition) is 3. The predicted octanol–water partition coefficient (Wildman–Crippen LogP) is 3.04. The van der Waals surface area contributed by atoms with Crippen molar-refractivity contribution in [2.24, 2.45) is 5.73 Å². The molecule has 3 aromatic rings. The highest BCUT2D eigenvalue weighted by atomic mass is 15.2. The van der Waals surface area contributed by atoms with Gasteiger partial charge >= 0.3 is 0 Å². The number of hydrogen-bond donors (Lipinski definition) is 1. The van der Waals surface area contributed by atoms with Crippen molar-refractivity contribution in [1.29, 1.82) is 0 Å². The standard InChI is InChI=1S/C17H18N4/c18-17(15-10-20-21-9-8-19-11-16(15)21)14-7-2-1-6-13(14)12-4-3-5-12/h1-2,6-12,17H,3-5,18H2. The maximum absolute atomic E-state index is 6.56. The van der Waals surface area contributed by atoms with Gasteiger partial charge in [0.2, 0.25) is 0 Å². The van der Waals surface area contributed by atoms with Gasteiger partial charge in [0.15, 0.2) is 0 Å². The first-order valence-electron chi connectivity index (χ1n) is 7.46. The summed E-state index contributed by atoms with van der Waals surface area (Å²) in [6.07, 6.45) is 11.2. The quantitative estimate of drug-likeness (QED) is 0.801. The Morgan fingerprint density at radius 3 is 2.81 bits per heavy atom. The van der Waals surface area contributed by atoms with Gasteiger partial charge in [0.1, 0.15) is 0 Å². The fraction of sp³-hybridized carbons (Fsp3) is 0.294. The van der Waals surface area contributed by atoms with Crippen molar-refractivity contribution in [2.45, 2.75) is 31.2 Å². The van der Waals surface area contributed by atoms with Gasteiger partial charge in [-0.1, -0.05) is 30.7 Å². The van der Waals surface area contributed by atoms with E-state index in [4.69, 9.17) is 5.73 Å². The Labute approximate surface area is 123 Å². The SMILES string of the molecule is NC(c1ccccc1C1CCC1)c1cnn2ccncc12. The fourth-order valence-electron chi connectivity index (χ4n) is 3.15. The molecule has 4 nitrogen and oxygen atoms in total. The van der Waals surface area contributed by atoms with Crippen LogP contribution in [0.2, 0.25) is 0 Å². The lowest BCUT2D eigenvalue weighted by Gasteiger charge is -2.29. The summed E-state index contributed by atoms with van der Waals surface area (Å²) in [7, 11) is 0. The van der Waals surface area contributed by atoms with Crippen LogP contribution in [0.3, 0.4) is 0 Å². The summed E-state index contributed by atoms with van der Waals surface area (Å²) < 4.78 is 1.83. The minimum atomic E-state index is -0.150. The largest absolute Gasteiger partial charge is 0.320 e. The van der Waals surface area contributed by atoms with Crippen molar-refractivity contribution in [3.8, 4) is 0 Å². The Bertz CT molecular complexity index is 773. The molecule has 0 bridgehead atoms. The molecule has 0 saturated heterocycles. The average molecular weight is 278 g/mol. The molecular formula is C17H18N4. The number of benzene rings is 1. The summed E-state index contributed by atoms with van der Waals surface area (Å²) in [6, 6.07) is 8.41. The maximum Gasteiger partial charge on any atom is 0.0896 e. The number of aromatic nitrogens is 3. The molecule has 1 atom stereocenters. The monoisotopic (exact) mass is 278 g/mol. The number of fused-ring (bicyclic) bond motifs is 1. The van der Waals surface area contributed by atoms with Gasteiger partial charge in [0, 0.05) is 18.0 Å². The smallest absolute Gasteiger partial charge is 0.0896 e. The van der Waals surface area contributed by atoms with Gasteiger partial charge in [-0.15, -0.1) is 0 Å². The Morgan fingerprint density at radius 2 is 2.00 bits per heavy atom. The fourth-order valence-corrected chi connectivity index (χ4v) is 3.15. The lowest BCUT2D eigenvalue weighted by molar-refractivity contribution is 0.416. The molecule has 1 aliphatic rings. The zero-order valence-corrected chi connectivity index (χ0v) is 11.8. The van der Waals surface area contributed by atoms with Crippen LogP contribution in [0, 0.1) is 0 Å². The van der Waals surface area contributed by atoms with E-state index in [0.29, 0.717) is 5.92 Å². The van der Waals surface area contributed by atoms with Crippen molar-refractivity contribution in [2.75, 3.05) is 0 Å². The van der Waals surface area contributed by atoms with Gasteiger partial charge in [0.05, 0.1) is 24.0 Å². The zero-order valence-electron chi connectivity index (χ0n) is 11.8. The van der Waals surface area contributed by atoms with E-state index in [-0.39, 0.29) is 6.04 Å².